The van der Waals surface area contributed by atoms with Crippen LogP contribution in [-0.2, 0) is 4.79 Å². The highest BCUT2D eigenvalue weighted by atomic mass is 16.2. The minimum absolute atomic E-state index is 0.0317. The fourth-order valence-corrected chi connectivity index (χ4v) is 2.87. The topological polar surface area (TPSA) is 44.4 Å². The van der Waals surface area contributed by atoms with Crippen molar-refractivity contribution in [3.63, 3.8) is 0 Å². The molecule has 1 aliphatic heterocycles. The van der Waals surface area contributed by atoms with Crippen molar-refractivity contribution in [1.29, 1.82) is 0 Å². The Morgan fingerprint density at radius 2 is 1.95 bits per heavy atom. The summed E-state index contributed by atoms with van der Waals surface area (Å²) in [5.41, 5.74) is 0. The summed E-state index contributed by atoms with van der Waals surface area (Å²) in [6.07, 6.45) is 7.40. The maximum Gasteiger partial charge on any atom is 0.237 e. The standard InChI is InChI=1S/C16H31N3O/c1-3-4-9-17-16(20)13(2)19-10-7-14(8-11-19)12-18-15-5-6-15/h13-15,18H,3-12H2,1-2H3,(H,17,20). The van der Waals surface area contributed by atoms with Crippen LogP contribution in [0.15, 0.2) is 0 Å². The predicted octanol–water partition coefficient (Wildman–Crippen LogP) is 1.76. The van der Waals surface area contributed by atoms with E-state index in [4.69, 9.17) is 0 Å². The number of carbonyl (C=O) groups is 1. The molecule has 0 spiro atoms. The molecule has 4 nitrogen and oxygen atoms in total. The van der Waals surface area contributed by atoms with E-state index in [1.54, 1.807) is 0 Å². The summed E-state index contributed by atoms with van der Waals surface area (Å²) in [6, 6.07) is 0.848. The third-order valence-corrected chi connectivity index (χ3v) is 4.68. The second-order valence-electron chi connectivity index (χ2n) is 6.48. The second-order valence-corrected chi connectivity index (χ2v) is 6.48. The molecule has 2 rings (SSSR count). The van der Waals surface area contributed by atoms with Crippen LogP contribution in [0.5, 0.6) is 0 Å². The molecule has 0 radical (unpaired) electrons. The van der Waals surface area contributed by atoms with Crippen molar-refractivity contribution in [2.45, 2.75) is 64.5 Å². The summed E-state index contributed by atoms with van der Waals surface area (Å²) in [4.78, 5) is 14.4. The first-order valence-electron chi connectivity index (χ1n) is 8.45. The molecule has 1 unspecified atom stereocenters. The van der Waals surface area contributed by atoms with Crippen LogP contribution in [0.25, 0.3) is 0 Å². The van der Waals surface area contributed by atoms with Gasteiger partial charge in [0.1, 0.15) is 0 Å². The molecule has 0 bridgehead atoms. The Balaban J connectivity index is 1.62. The van der Waals surface area contributed by atoms with Gasteiger partial charge in [-0.2, -0.15) is 0 Å². The molecule has 2 aliphatic rings. The molecule has 2 fully saturated rings. The van der Waals surface area contributed by atoms with E-state index in [-0.39, 0.29) is 11.9 Å². The number of likely N-dealkylation sites (tertiary alicyclic amines) is 1. The van der Waals surface area contributed by atoms with E-state index in [1.165, 1.54) is 32.2 Å². The number of hydrogen-bond acceptors (Lipinski definition) is 3. The Morgan fingerprint density at radius 1 is 1.25 bits per heavy atom. The van der Waals surface area contributed by atoms with Crippen LogP contribution in [0.1, 0.15) is 52.4 Å². The van der Waals surface area contributed by atoms with Gasteiger partial charge in [0.25, 0.3) is 0 Å². The van der Waals surface area contributed by atoms with Crippen molar-refractivity contribution in [2.75, 3.05) is 26.2 Å². The quantitative estimate of drug-likeness (QED) is 0.666. The molecule has 1 amide bonds. The highest BCUT2D eigenvalue weighted by Gasteiger charge is 2.27. The zero-order valence-electron chi connectivity index (χ0n) is 13.2. The van der Waals surface area contributed by atoms with Gasteiger partial charge in [-0.1, -0.05) is 13.3 Å². The third-order valence-electron chi connectivity index (χ3n) is 4.68. The molecule has 4 heteroatoms. The van der Waals surface area contributed by atoms with Crippen molar-refractivity contribution in [2.24, 2.45) is 5.92 Å². The molecule has 1 saturated heterocycles. The number of nitrogens with zero attached hydrogens (tertiary/aromatic N) is 1. The number of carbonyl (C=O) groups excluding carboxylic acids is 1. The molecule has 0 aromatic heterocycles. The number of unbranched alkanes of at least 4 members (excludes halogenated alkanes) is 1. The van der Waals surface area contributed by atoms with Crippen LogP contribution in [0.2, 0.25) is 0 Å². The SMILES string of the molecule is CCCCNC(=O)C(C)N1CCC(CNC2CC2)CC1. The number of amides is 1. The highest BCUT2D eigenvalue weighted by Crippen LogP contribution is 2.22. The van der Waals surface area contributed by atoms with Crippen LogP contribution >= 0.6 is 0 Å². The maximum atomic E-state index is 12.1. The Morgan fingerprint density at radius 3 is 2.55 bits per heavy atom. The summed E-state index contributed by atoms with van der Waals surface area (Å²) < 4.78 is 0. The van der Waals surface area contributed by atoms with Crippen LogP contribution in [-0.4, -0.2) is 49.1 Å². The fraction of sp³-hybridized carbons (Fsp3) is 0.938. The zero-order chi connectivity index (χ0) is 14.4. The second kappa shape index (κ2) is 7.99. The Labute approximate surface area is 123 Å². The van der Waals surface area contributed by atoms with Crippen molar-refractivity contribution in [3.05, 3.63) is 0 Å². The molecule has 0 aromatic carbocycles. The lowest BCUT2D eigenvalue weighted by Gasteiger charge is -2.35. The normalized spacial score (nSPS) is 22.7. The molecule has 116 valence electrons. The van der Waals surface area contributed by atoms with Crippen molar-refractivity contribution in [1.82, 2.24) is 15.5 Å². The van der Waals surface area contributed by atoms with Gasteiger partial charge in [-0.25, -0.2) is 0 Å². The van der Waals surface area contributed by atoms with Gasteiger partial charge in [-0.3, -0.25) is 9.69 Å². The lowest BCUT2D eigenvalue weighted by atomic mass is 9.95. The van der Waals surface area contributed by atoms with Gasteiger partial charge in [0.15, 0.2) is 0 Å². The van der Waals surface area contributed by atoms with E-state index < -0.39 is 0 Å². The number of nitrogens with one attached hydrogen (secondary N) is 2. The third kappa shape index (κ3) is 5.06. The van der Waals surface area contributed by atoms with Gasteiger partial charge in [0.05, 0.1) is 6.04 Å². The van der Waals surface area contributed by atoms with Gasteiger partial charge in [0.2, 0.25) is 5.91 Å². The van der Waals surface area contributed by atoms with E-state index >= 15 is 0 Å². The Kier molecular flexibility index (Phi) is 6.30. The van der Waals surface area contributed by atoms with Gasteiger partial charge in [-0.05, 0) is 64.6 Å². The van der Waals surface area contributed by atoms with E-state index in [9.17, 15) is 4.79 Å². The first-order valence-corrected chi connectivity index (χ1v) is 8.45. The molecule has 1 atom stereocenters. The van der Waals surface area contributed by atoms with Gasteiger partial charge >= 0.3 is 0 Å². The number of hydrogen-bond donors (Lipinski definition) is 2. The largest absolute Gasteiger partial charge is 0.355 e. The van der Waals surface area contributed by atoms with Crippen LogP contribution in [0.3, 0.4) is 0 Å². The van der Waals surface area contributed by atoms with E-state index in [0.29, 0.717) is 0 Å². The molecular weight excluding hydrogens is 250 g/mol. The molecule has 0 aromatic rings. The van der Waals surface area contributed by atoms with E-state index in [1.807, 2.05) is 6.92 Å². The summed E-state index contributed by atoms with van der Waals surface area (Å²) in [5.74, 6) is 1.01. The Bertz CT molecular complexity index is 296. The minimum Gasteiger partial charge on any atom is -0.355 e. The molecule has 1 aliphatic carbocycles. The van der Waals surface area contributed by atoms with Crippen molar-refractivity contribution >= 4 is 5.91 Å². The molecule has 20 heavy (non-hydrogen) atoms. The van der Waals surface area contributed by atoms with E-state index in [2.05, 4.69) is 22.5 Å². The average Bonchev–Trinajstić information content (AvgIpc) is 3.29. The van der Waals surface area contributed by atoms with Crippen LogP contribution in [0, 0.1) is 5.92 Å². The first kappa shape index (κ1) is 15.8. The van der Waals surface area contributed by atoms with Gasteiger partial charge < -0.3 is 10.6 Å². The van der Waals surface area contributed by atoms with Crippen LogP contribution < -0.4 is 10.6 Å². The molecule has 1 saturated carbocycles. The van der Waals surface area contributed by atoms with Gasteiger partial charge in [0, 0.05) is 12.6 Å². The summed E-state index contributed by atoms with van der Waals surface area (Å²) in [6.45, 7) is 8.33. The van der Waals surface area contributed by atoms with Crippen molar-refractivity contribution in [3.8, 4) is 0 Å². The average molecular weight is 281 g/mol. The monoisotopic (exact) mass is 281 g/mol. The smallest absolute Gasteiger partial charge is 0.237 e. The summed E-state index contributed by atoms with van der Waals surface area (Å²) >= 11 is 0. The summed E-state index contributed by atoms with van der Waals surface area (Å²) in [5, 5.41) is 6.68. The highest BCUT2D eigenvalue weighted by molar-refractivity contribution is 5.81. The fourth-order valence-electron chi connectivity index (χ4n) is 2.87. The number of rotatable bonds is 8. The van der Waals surface area contributed by atoms with Crippen molar-refractivity contribution < 1.29 is 4.79 Å². The van der Waals surface area contributed by atoms with E-state index in [0.717, 1.165) is 44.4 Å². The predicted molar refractivity (Wildman–Crippen MR) is 82.7 cm³/mol. The first-order chi connectivity index (χ1) is 9.70. The zero-order valence-corrected chi connectivity index (χ0v) is 13.2. The number of piperidine rings is 1. The lowest BCUT2D eigenvalue weighted by molar-refractivity contribution is -0.126. The molecule has 2 N–H and O–H groups in total. The lowest BCUT2D eigenvalue weighted by Crippen LogP contribution is -2.49. The van der Waals surface area contributed by atoms with Crippen LogP contribution in [0.4, 0.5) is 0 Å². The summed E-state index contributed by atoms with van der Waals surface area (Å²) in [7, 11) is 0. The maximum absolute atomic E-state index is 12.1. The molecular formula is C16H31N3O. The molecule has 1 heterocycles. The Hall–Kier alpha value is -0.610. The minimum atomic E-state index is 0.0317. The van der Waals surface area contributed by atoms with Gasteiger partial charge in [-0.15, -0.1) is 0 Å².